The number of hydrogen-bond acceptors (Lipinski definition) is 4. The van der Waals surface area contributed by atoms with E-state index in [0.717, 1.165) is 0 Å². The molecule has 0 aromatic carbocycles. The highest BCUT2D eigenvalue weighted by Crippen LogP contribution is 2.20. The lowest BCUT2D eigenvalue weighted by Crippen LogP contribution is -2.34. The minimum atomic E-state index is -0.0895. The molecule has 0 spiro atoms. The molecule has 0 aliphatic heterocycles. The van der Waals surface area contributed by atoms with Crippen molar-refractivity contribution in [2.45, 2.75) is 13.0 Å². The minimum absolute atomic E-state index is 0.0895. The van der Waals surface area contributed by atoms with Crippen LogP contribution in [-0.2, 0) is 0 Å². The molecule has 2 heterocycles. The summed E-state index contributed by atoms with van der Waals surface area (Å²) in [7, 11) is 4.02. The van der Waals surface area contributed by atoms with Crippen LogP contribution >= 0.6 is 11.3 Å². The smallest absolute Gasteiger partial charge is 0.254 e. The van der Waals surface area contributed by atoms with E-state index in [1.165, 1.54) is 11.8 Å². The second kappa shape index (κ2) is 6.04. The van der Waals surface area contributed by atoms with Crippen LogP contribution in [-0.4, -0.2) is 31.4 Å². The number of likely N-dealkylation sites (N-methyl/N-ethyl adjacent to an activating group) is 1. The zero-order valence-corrected chi connectivity index (χ0v) is 12.2. The van der Waals surface area contributed by atoms with Crippen molar-refractivity contribution in [3.8, 4) is 0 Å². The molecule has 2 aromatic rings. The largest absolute Gasteiger partial charge is 0.469 e. The lowest BCUT2D eigenvalue weighted by Gasteiger charge is -2.23. The molecule has 1 amide bonds. The van der Waals surface area contributed by atoms with E-state index in [1.54, 1.807) is 24.3 Å². The fourth-order valence-corrected chi connectivity index (χ4v) is 2.68. The first-order chi connectivity index (χ1) is 9.09. The molecule has 0 saturated heterocycles. The quantitative estimate of drug-likeness (QED) is 0.914. The van der Waals surface area contributed by atoms with Crippen molar-refractivity contribution in [2.24, 2.45) is 0 Å². The van der Waals surface area contributed by atoms with Gasteiger partial charge in [-0.3, -0.25) is 4.79 Å². The molecule has 102 valence electrons. The van der Waals surface area contributed by atoms with Gasteiger partial charge in [0.1, 0.15) is 5.76 Å². The number of thiophene rings is 1. The lowest BCUT2D eigenvalue weighted by atomic mass is 10.1. The summed E-state index contributed by atoms with van der Waals surface area (Å²) in [6.45, 7) is 2.37. The second-order valence-electron chi connectivity index (χ2n) is 4.64. The van der Waals surface area contributed by atoms with E-state index in [0.29, 0.717) is 17.9 Å². The number of amides is 1. The van der Waals surface area contributed by atoms with Crippen molar-refractivity contribution in [1.82, 2.24) is 10.2 Å². The van der Waals surface area contributed by atoms with Crippen LogP contribution in [0, 0.1) is 6.92 Å². The van der Waals surface area contributed by atoms with Gasteiger partial charge in [-0.1, -0.05) is 0 Å². The summed E-state index contributed by atoms with van der Waals surface area (Å²) in [5, 5.41) is 7.12. The number of aryl methyl sites for hydroxylation is 1. The number of hydrogen-bond donors (Lipinski definition) is 1. The highest BCUT2D eigenvalue weighted by Gasteiger charge is 2.17. The Balaban J connectivity index is 2.00. The summed E-state index contributed by atoms with van der Waals surface area (Å²) in [6.07, 6.45) is 1.53. The Hall–Kier alpha value is -1.59. The molecule has 0 fully saturated rings. The average Bonchev–Trinajstić information content (AvgIpc) is 3.00. The molecule has 4 nitrogen and oxygen atoms in total. The van der Waals surface area contributed by atoms with E-state index in [9.17, 15) is 4.79 Å². The molecule has 0 aliphatic carbocycles. The molecule has 0 unspecified atom stereocenters. The monoisotopic (exact) mass is 278 g/mol. The topological polar surface area (TPSA) is 45.5 Å². The summed E-state index contributed by atoms with van der Waals surface area (Å²) >= 11 is 1.67. The number of nitrogens with zero attached hydrogens (tertiary/aromatic N) is 1. The van der Waals surface area contributed by atoms with E-state index in [4.69, 9.17) is 4.42 Å². The zero-order valence-electron chi connectivity index (χ0n) is 11.3. The Labute approximate surface area is 117 Å². The summed E-state index contributed by atoms with van der Waals surface area (Å²) in [5.41, 5.74) is 1.82. The van der Waals surface area contributed by atoms with Gasteiger partial charge in [0.25, 0.3) is 5.91 Å². The molecular weight excluding hydrogens is 260 g/mol. The van der Waals surface area contributed by atoms with E-state index in [-0.39, 0.29) is 11.9 Å². The molecule has 1 N–H and O–H groups in total. The first kappa shape index (κ1) is 13.8. The zero-order chi connectivity index (χ0) is 13.8. The van der Waals surface area contributed by atoms with Crippen molar-refractivity contribution < 1.29 is 9.21 Å². The van der Waals surface area contributed by atoms with Crippen molar-refractivity contribution in [3.63, 3.8) is 0 Å². The average molecular weight is 278 g/mol. The molecule has 2 rings (SSSR count). The van der Waals surface area contributed by atoms with E-state index in [1.807, 2.05) is 19.5 Å². The maximum atomic E-state index is 12.0. The van der Waals surface area contributed by atoms with Crippen molar-refractivity contribution in [3.05, 3.63) is 46.0 Å². The number of carbonyl (C=O) groups is 1. The molecule has 19 heavy (non-hydrogen) atoms. The highest BCUT2D eigenvalue weighted by atomic mass is 32.1. The Morgan fingerprint density at radius 3 is 2.79 bits per heavy atom. The van der Waals surface area contributed by atoms with Gasteiger partial charge in [0.15, 0.2) is 0 Å². The molecule has 5 heteroatoms. The molecule has 1 atom stereocenters. The fraction of sp³-hybridized carbons (Fsp3) is 0.357. The van der Waals surface area contributed by atoms with Gasteiger partial charge < -0.3 is 14.6 Å². The predicted molar refractivity (Wildman–Crippen MR) is 76.5 cm³/mol. The van der Waals surface area contributed by atoms with E-state index in [2.05, 4.69) is 21.7 Å². The first-order valence-electron chi connectivity index (χ1n) is 6.10. The van der Waals surface area contributed by atoms with Crippen molar-refractivity contribution in [1.29, 1.82) is 0 Å². The van der Waals surface area contributed by atoms with Gasteiger partial charge >= 0.3 is 0 Å². The van der Waals surface area contributed by atoms with Crippen LogP contribution in [0.1, 0.15) is 27.7 Å². The van der Waals surface area contributed by atoms with Crippen LogP contribution in [0.2, 0.25) is 0 Å². The van der Waals surface area contributed by atoms with Crippen LogP contribution in [0.4, 0.5) is 0 Å². The number of carbonyl (C=O) groups excluding carboxylic acids is 1. The molecule has 0 aliphatic rings. The van der Waals surface area contributed by atoms with Gasteiger partial charge in [-0.2, -0.15) is 11.3 Å². The normalized spacial score (nSPS) is 12.6. The van der Waals surface area contributed by atoms with Crippen molar-refractivity contribution >= 4 is 17.2 Å². The first-order valence-corrected chi connectivity index (χ1v) is 7.04. The summed E-state index contributed by atoms with van der Waals surface area (Å²) in [6, 6.07) is 3.97. The van der Waals surface area contributed by atoms with Gasteiger partial charge in [0, 0.05) is 6.54 Å². The highest BCUT2D eigenvalue weighted by molar-refractivity contribution is 7.07. The molecule has 2 aromatic heterocycles. The van der Waals surface area contributed by atoms with Crippen LogP contribution in [0.3, 0.4) is 0 Å². The minimum Gasteiger partial charge on any atom is -0.469 e. The van der Waals surface area contributed by atoms with Crippen molar-refractivity contribution in [2.75, 3.05) is 20.6 Å². The summed E-state index contributed by atoms with van der Waals surface area (Å²) < 4.78 is 5.14. The van der Waals surface area contributed by atoms with Crippen LogP contribution < -0.4 is 5.32 Å². The van der Waals surface area contributed by atoms with Crippen LogP contribution in [0.25, 0.3) is 0 Å². The second-order valence-corrected chi connectivity index (χ2v) is 5.42. The van der Waals surface area contributed by atoms with Gasteiger partial charge in [-0.05, 0) is 49.5 Å². The lowest BCUT2D eigenvalue weighted by molar-refractivity contribution is 0.0940. The van der Waals surface area contributed by atoms with E-state index >= 15 is 0 Å². The molecule has 0 saturated carbocycles. The van der Waals surface area contributed by atoms with Gasteiger partial charge in [-0.25, -0.2) is 0 Å². The SMILES string of the molecule is Cc1occc1C(=O)NC[C@@H](c1ccsc1)N(C)C. The summed E-state index contributed by atoms with van der Waals surface area (Å²) in [4.78, 5) is 14.1. The van der Waals surface area contributed by atoms with Crippen LogP contribution in [0.15, 0.2) is 33.6 Å². The number of furan rings is 1. The third kappa shape index (κ3) is 3.24. The maximum absolute atomic E-state index is 12.0. The third-order valence-electron chi connectivity index (χ3n) is 3.11. The van der Waals surface area contributed by atoms with Gasteiger partial charge in [-0.15, -0.1) is 0 Å². The standard InChI is InChI=1S/C14H18N2O2S/c1-10-12(4-6-18-10)14(17)15-8-13(16(2)3)11-5-7-19-9-11/h4-7,9,13H,8H2,1-3H3,(H,15,17)/t13-/m0/s1. The Bertz CT molecular complexity index is 531. The van der Waals surface area contributed by atoms with Gasteiger partial charge in [0.2, 0.25) is 0 Å². The summed E-state index contributed by atoms with van der Waals surface area (Å²) in [5.74, 6) is 0.558. The van der Waals surface area contributed by atoms with Gasteiger partial charge in [0.05, 0.1) is 17.9 Å². The predicted octanol–water partition coefficient (Wildman–Crippen LogP) is 2.68. The third-order valence-corrected chi connectivity index (χ3v) is 3.81. The Kier molecular flexibility index (Phi) is 4.39. The number of rotatable bonds is 5. The Morgan fingerprint density at radius 2 is 2.26 bits per heavy atom. The molecule has 0 bridgehead atoms. The maximum Gasteiger partial charge on any atom is 0.254 e. The van der Waals surface area contributed by atoms with E-state index < -0.39 is 0 Å². The number of nitrogens with one attached hydrogen (secondary N) is 1. The van der Waals surface area contributed by atoms with Crippen LogP contribution in [0.5, 0.6) is 0 Å². The molecular formula is C14H18N2O2S. The Morgan fingerprint density at radius 1 is 1.47 bits per heavy atom. The molecule has 0 radical (unpaired) electrons. The fourth-order valence-electron chi connectivity index (χ4n) is 1.97.